The van der Waals surface area contributed by atoms with Gasteiger partial charge in [-0.3, -0.25) is 0 Å². The van der Waals surface area contributed by atoms with Crippen LogP contribution in [0.3, 0.4) is 0 Å². The topological polar surface area (TPSA) is 12.0 Å². The van der Waals surface area contributed by atoms with Gasteiger partial charge in [0.15, 0.2) is 0 Å². The summed E-state index contributed by atoms with van der Waals surface area (Å²) in [6.45, 7) is 3.15. The third kappa shape index (κ3) is 4.11. The fraction of sp³-hybridized carbons (Fsp3) is 0.600. The Morgan fingerprint density at radius 3 is 3.05 bits per heavy atom. The maximum absolute atomic E-state index is 14.0. The van der Waals surface area contributed by atoms with E-state index in [4.69, 9.17) is 11.6 Å². The Labute approximate surface area is 124 Å². The molecule has 1 nitrogen and oxygen atoms in total. The zero-order chi connectivity index (χ0) is 13.7. The van der Waals surface area contributed by atoms with Crippen LogP contribution in [0.4, 0.5) is 4.39 Å². The van der Waals surface area contributed by atoms with Gasteiger partial charge in [-0.15, -0.1) is 0 Å². The van der Waals surface area contributed by atoms with Crippen LogP contribution in [0, 0.1) is 5.82 Å². The molecule has 19 heavy (non-hydrogen) atoms. The Hall–Kier alpha value is -0.250. The summed E-state index contributed by atoms with van der Waals surface area (Å²) in [4.78, 5) is 0. The molecular weight excluding hydrogens is 281 g/mol. The lowest BCUT2D eigenvalue weighted by molar-refractivity contribution is 0.472. The van der Waals surface area contributed by atoms with Crippen molar-refractivity contribution in [1.82, 2.24) is 5.32 Å². The predicted octanol–water partition coefficient (Wildman–Crippen LogP) is 4.29. The van der Waals surface area contributed by atoms with Gasteiger partial charge in [0.25, 0.3) is 0 Å². The van der Waals surface area contributed by atoms with Crippen LogP contribution in [-0.4, -0.2) is 23.6 Å². The first-order valence-electron chi connectivity index (χ1n) is 7.00. The van der Waals surface area contributed by atoms with Gasteiger partial charge in [-0.25, -0.2) is 4.39 Å². The fourth-order valence-corrected chi connectivity index (χ4v) is 4.12. The van der Waals surface area contributed by atoms with E-state index in [2.05, 4.69) is 12.2 Å². The lowest BCUT2D eigenvalue weighted by Gasteiger charge is -2.24. The number of hydrogen-bond donors (Lipinski definition) is 1. The van der Waals surface area contributed by atoms with Gasteiger partial charge >= 0.3 is 0 Å². The van der Waals surface area contributed by atoms with Crippen LogP contribution in [0.25, 0.3) is 0 Å². The number of benzene rings is 1. The van der Waals surface area contributed by atoms with Crippen molar-refractivity contribution >= 4 is 23.4 Å². The zero-order valence-corrected chi connectivity index (χ0v) is 12.9. The molecule has 2 unspecified atom stereocenters. The second kappa shape index (κ2) is 7.51. The summed E-state index contributed by atoms with van der Waals surface area (Å²) in [5.74, 6) is 0.975. The normalized spacial score (nSPS) is 20.7. The van der Waals surface area contributed by atoms with Crippen LogP contribution in [0.5, 0.6) is 0 Å². The molecule has 1 aliphatic rings. The first-order chi connectivity index (χ1) is 9.22. The van der Waals surface area contributed by atoms with Gasteiger partial charge < -0.3 is 5.32 Å². The minimum atomic E-state index is -0.254. The van der Waals surface area contributed by atoms with E-state index in [9.17, 15) is 4.39 Å². The number of halogens is 2. The van der Waals surface area contributed by atoms with Crippen molar-refractivity contribution < 1.29 is 4.39 Å². The van der Waals surface area contributed by atoms with Gasteiger partial charge in [-0.2, -0.15) is 11.8 Å². The van der Waals surface area contributed by atoms with E-state index in [0.29, 0.717) is 11.3 Å². The highest BCUT2D eigenvalue weighted by molar-refractivity contribution is 8.00. The summed E-state index contributed by atoms with van der Waals surface area (Å²) in [6.07, 6.45) is 4.34. The predicted molar refractivity (Wildman–Crippen MR) is 82.7 cm³/mol. The summed E-state index contributed by atoms with van der Waals surface area (Å²) in [5.41, 5.74) is 0.730. The monoisotopic (exact) mass is 301 g/mol. The SMILES string of the molecule is CCCNC(Cc1cccc(Cl)c1F)C1CCCS1. The maximum Gasteiger partial charge on any atom is 0.145 e. The molecule has 1 fully saturated rings. The number of rotatable bonds is 6. The maximum atomic E-state index is 14.0. The van der Waals surface area contributed by atoms with Crippen LogP contribution in [0.15, 0.2) is 18.2 Å². The molecule has 0 amide bonds. The second-order valence-electron chi connectivity index (χ2n) is 5.03. The van der Waals surface area contributed by atoms with E-state index in [1.54, 1.807) is 6.07 Å². The van der Waals surface area contributed by atoms with Gasteiger partial charge in [0.05, 0.1) is 5.02 Å². The largest absolute Gasteiger partial charge is 0.313 e. The number of thioether (sulfide) groups is 1. The Kier molecular flexibility index (Phi) is 5.99. The molecule has 1 saturated heterocycles. The zero-order valence-electron chi connectivity index (χ0n) is 11.3. The minimum Gasteiger partial charge on any atom is -0.313 e. The second-order valence-corrected chi connectivity index (χ2v) is 6.78. The lowest BCUT2D eigenvalue weighted by atomic mass is 10.00. The third-order valence-corrected chi connectivity index (χ3v) is 5.35. The van der Waals surface area contributed by atoms with Crippen molar-refractivity contribution in [1.29, 1.82) is 0 Å². The van der Waals surface area contributed by atoms with Crippen molar-refractivity contribution in [2.45, 2.75) is 43.9 Å². The van der Waals surface area contributed by atoms with Gasteiger partial charge in [-0.05, 0) is 49.6 Å². The van der Waals surface area contributed by atoms with E-state index in [1.165, 1.54) is 18.6 Å². The summed E-state index contributed by atoms with van der Waals surface area (Å²) in [6, 6.07) is 5.64. The minimum absolute atomic E-state index is 0.228. The molecule has 4 heteroatoms. The number of hydrogen-bond acceptors (Lipinski definition) is 2. The molecule has 0 bridgehead atoms. The summed E-state index contributed by atoms with van der Waals surface area (Å²) >= 11 is 7.87. The summed E-state index contributed by atoms with van der Waals surface area (Å²) < 4.78 is 14.0. The van der Waals surface area contributed by atoms with Crippen LogP contribution >= 0.6 is 23.4 Å². The lowest BCUT2D eigenvalue weighted by Crippen LogP contribution is -2.39. The van der Waals surface area contributed by atoms with E-state index in [1.807, 2.05) is 23.9 Å². The van der Waals surface area contributed by atoms with Crippen molar-refractivity contribution in [3.8, 4) is 0 Å². The van der Waals surface area contributed by atoms with Crippen LogP contribution in [0.1, 0.15) is 31.7 Å². The van der Waals surface area contributed by atoms with Crippen molar-refractivity contribution in [3.63, 3.8) is 0 Å². The van der Waals surface area contributed by atoms with Crippen molar-refractivity contribution in [3.05, 3.63) is 34.6 Å². The van der Waals surface area contributed by atoms with Crippen LogP contribution in [-0.2, 0) is 6.42 Å². The standard InChI is InChI=1S/C15H21ClFNS/c1-2-8-18-13(14-7-4-9-19-14)10-11-5-3-6-12(16)15(11)17/h3,5-6,13-14,18H,2,4,7-10H2,1H3. The summed E-state index contributed by atoms with van der Waals surface area (Å²) in [7, 11) is 0. The van der Waals surface area contributed by atoms with E-state index in [0.717, 1.165) is 24.9 Å². The van der Waals surface area contributed by atoms with Gasteiger partial charge in [0.1, 0.15) is 5.82 Å². The smallest absolute Gasteiger partial charge is 0.145 e. The highest BCUT2D eigenvalue weighted by Gasteiger charge is 2.26. The molecule has 1 aliphatic heterocycles. The molecule has 1 aromatic carbocycles. The number of nitrogens with one attached hydrogen (secondary N) is 1. The average Bonchev–Trinajstić information content (AvgIpc) is 2.93. The van der Waals surface area contributed by atoms with Crippen LogP contribution in [0.2, 0.25) is 5.02 Å². The molecule has 1 heterocycles. The van der Waals surface area contributed by atoms with Crippen molar-refractivity contribution in [2.24, 2.45) is 0 Å². The molecule has 0 spiro atoms. The molecule has 2 atom stereocenters. The molecule has 0 radical (unpaired) electrons. The third-order valence-electron chi connectivity index (χ3n) is 3.54. The van der Waals surface area contributed by atoms with E-state index < -0.39 is 0 Å². The summed E-state index contributed by atoms with van der Waals surface area (Å²) in [5, 5.41) is 4.41. The fourth-order valence-electron chi connectivity index (χ4n) is 2.53. The van der Waals surface area contributed by atoms with Crippen LogP contribution < -0.4 is 5.32 Å². The van der Waals surface area contributed by atoms with Gasteiger partial charge in [-0.1, -0.05) is 30.7 Å². The quantitative estimate of drug-likeness (QED) is 0.841. The van der Waals surface area contributed by atoms with E-state index in [-0.39, 0.29) is 10.8 Å². The molecule has 1 aromatic rings. The highest BCUT2D eigenvalue weighted by atomic mass is 35.5. The molecule has 0 aliphatic carbocycles. The Morgan fingerprint density at radius 2 is 2.37 bits per heavy atom. The first kappa shape index (κ1) is 15.1. The average molecular weight is 302 g/mol. The highest BCUT2D eigenvalue weighted by Crippen LogP contribution is 2.31. The molecule has 1 N–H and O–H groups in total. The van der Waals surface area contributed by atoms with Gasteiger partial charge in [0.2, 0.25) is 0 Å². The van der Waals surface area contributed by atoms with E-state index >= 15 is 0 Å². The Balaban J connectivity index is 2.07. The first-order valence-corrected chi connectivity index (χ1v) is 8.43. The van der Waals surface area contributed by atoms with Gasteiger partial charge in [0, 0.05) is 11.3 Å². The van der Waals surface area contributed by atoms with Crippen molar-refractivity contribution in [2.75, 3.05) is 12.3 Å². The molecule has 2 rings (SSSR count). The molecule has 0 aromatic heterocycles. The molecule has 0 saturated carbocycles. The Bertz CT molecular complexity index is 407. The molecule has 106 valence electrons. The Morgan fingerprint density at radius 1 is 1.53 bits per heavy atom. The molecular formula is C15H21ClFNS.